The van der Waals surface area contributed by atoms with Crippen LogP contribution in [0.5, 0.6) is 0 Å². The number of nitrogens with one attached hydrogen (secondary N) is 1. The van der Waals surface area contributed by atoms with E-state index in [9.17, 15) is 4.79 Å². The summed E-state index contributed by atoms with van der Waals surface area (Å²) in [7, 11) is 2.01. The minimum Gasteiger partial charge on any atom is -0.313 e. The van der Waals surface area contributed by atoms with Gasteiger partial charge in [0.15, 0.2) is 0 Å². The summed E-state index contributed by atoms with van der Waals surface area (Å²) in [5.74, 6) is 1.11. The summed E-state index contributed by atoms with van der Waals surface area (Å²) < 4.78 is 0. The Morgan fingerprint density at radius 2 is 2.05 bits per heavy atom. The molecule has 1 aliphatic carbocycles. The van der Waals surface area contributed by atoms with E-state index in [4.69, 9.17) is 0 Å². The largest absolute Gasteiger partial charge is 0.313 e. The molecule has 1 aromatic rings. The van der Waals surface area contributed by atoms with Gasteiger partial charge in [0.1, 0.15) is 0 Å². The van der Waals surface area contributed by atoms with Crippen LogP contribution in [0.3, 0.4) is 0 Å². The summed E-state index contributed by atoms with van der Waals surface area (Å²) in [4.78, 5) is 14.8. The van der Waals surface area contributed by atoms with Crippen molar-refractivity contribution in [3.8, 4) is 0 Å². The first-order valence-electron chi connectivity index (χ1n) is 7.80. The zero-order valence-corrected chi connectivity index (χ0v) is 12.4. The van der Waals surface area contributed by atoms with Crippen LogP contribution in [0.25, 0.3) is 0 Å². The molecule has 1 amide bonds. The normalized spacial score (nSPS) is 23.9. The van der Waals surface area contributed by atoms with Gasteiger partial charge in [-0.05, 0) is 50.3 Å². The van der Waals surface area contributed by atoms with Gasteiger partial charge in [0, 0.05) is 24.2 Å². The van der Waals surface area contributed by atoms with Crippen molar-refractivity contribution in [2.24, 2.45) is 11.8 Å². The molecule has 1 heterocycles. The second kappa shape index (κ2) is 5.57. The van der Waals surface area contributed by atoms with Gasteiger partial charge >= 0.3 is 0 Å². The van der Waals surface area contributed by atoms with Crippen molar-refractivity contribution in [3.05, 3.63) is 29.8 Å². The molecule has 2 unspecified atom stereocenters. The van der Waals surface area contributed by atoms with Crippen molar-refractivity contribution < 1.29 is 4.79 Å². The number of carbonyl (C=O) groups is 1. The Labute approximate surface area is 121 Å². The summed E-state index contributed by atoms with van der Waals surface area (Å²) in [5, 5.41) is 3.39. The topological polar surface area (TPSA) is 32.3 Å². The maximum atomic E-state index is 12.8. The summed E-state index contributed by atoms with van der Waals surface area (Å²) in [5.41, 5.74) is 2.38. The van der Waals surface area contributed by atoms with Gasteiger partial charge in [-0.2, -0.15) is 0 Å². The number of fused-ring (bicyclic) bond motifs is 1. The number of hydrogen-bond acceptors (Lipinski definition) is 2. The molecule has 0 spiro atoms. The maximum absolute atomic E-state index is 12.8. The first-order chi connectivity index (χ1) is 9.72. The van der Waals surface area contributed by atoms with Gasteiger partial charge in [0.05, 0.1) is 0 Å². The average Bonchev–Trinajstić information content (AvgIpc) is 3.31. The Morgan fingerprint density at radius 3 is 2.75 bits per heavy atom. The SMILES string of the molecule is CNC1CCCN(C(=O)C(C)C2CC2)c2ccccc21. The molecule has 1 fully saturated rings. The molecule has 1 aromatic carbocycles. The van der Waals surface area contributed by atoms with E-state index < -0.39 is 0 Å². The average molecular weight is 272 g/mol. The van der Waals surface area contributed by atoms with Crippen LogP contribution >= 0.6 is 0 Å². The van der Waals surface area contributed by atoms with E-state index in [1.54, 1.807) is 0 Å². The van der Waals surface area contributed by atoms with Crippen LogP contribution in [-0.4, -0.2) is 19.5 Å². The van der Waals surface area contributed by atoms with Crippen molar-refractivity contribution in [2.45, 2.75) is 38.6 Å². The van der Waals surface area contributed by atoms with Crippen molar-refractivity contribution in [3.63, 3.8) is 0 Å². The Bertz CT molecular complexity index is 496. The molecule has 1 saturated carbocycles. The third-order valence-corrected chi connectivity index (χ3v) is 4.81. The number of nitrogens with zero attached hydrogens (tertiary/aromatic N) is 1. The Balaban J connectivity index is 1.92. The highest BCUT2D eigenvalue weighted by Gasteiger charge is 2.36. The zero-order chi connectivity index (χ0) is 14.1. The third-order valence-electron chi connectivity index (χ3n) is 4.81. The molecule has 0 radical (unpaired) electrons. The first kappa shape index (κ1) is 13.6. The monoisotopic (exact) mass is 272 g/mol. The van der Waals surface area contributed by atoms with Gasteiger partial charge in [0.25, 0.3) is 0 Å². The molecule has 3 rings (SSSR count). The fourth-order valence-corrected chi connectivity index (χ4v) is 3.33. The summed E-state index contributed by atoms with van der Waals surface area (Å²) in [6, 6.07) is 8.73. The minimum absolute atomic E-state index is 0.175. The number of carbonyl (C=O) groups excluding carboxylic acids is 1. The molecule has 3 nitrogen and oxygen atoms in total. The molecule has 1 aliphatic heterocycles. The van der Waals surface area contributed by atoms with Gasteiger partial charge < -0.3 is 10.2 Å². The van der Waals surface area contributed by atoms with Gasteiger partial charge in [-0.15, -0.1) is 0 Å². The molecule has 20 heavy (non-hydrogen) atoms. The van der Waals surface area contributed by atoms with Crippen LogP contribution in [0.2, 0.25) is 0 Å². The number of para-hydroxylation sites is 1. The van der Waals surface area contributed by atoms with Crippen molar-refractivity contribution in [1.29, 1.82) is 0 Å². The molecule has 108 valence electrons. The van der Waals surface area contributed by atoms with E-state index >= 15 is 0 Å². The molecule has 2 atom stereocenters. The summed E-state index contributed by atoms with van der Waals surface area (Å²) in [6.45, 7) is 2.95. The van der Waals surface area contributed by atoms with Gasteiger partial charge in [-0.3, -0.25) is 4.79 Å². The molecule has 0 bridgehead atoms. The van der Waals surface area contributed by atoms with Crippen molar-refractivity contribution >= 4 is 11.6 Å². The number of hydrogen-bond donors (Lipinski definition) is 1. The van der Waals surface area contributed by atoms with E-state index in [0.717, 1.165) is 25.1 Å². The Kier molecular flexibility index (Phi) is 3.79. The highest BCUT2D eigenvalue weighted by Crippen LogP contribution is 2.40. The maximum Gasteiger partial charge on any atom is 0.230 e. The minimum atomic E-state index is 0.175. The fourth-order valence-electron chi connectivity index (χ4n) is 3.33. The van der Waals surface area contributed by atoms with Crippen LogP contribution in [0.4, 0.5) is 5.69 Å². The highest BCUT2D eigenvalue weighted by atomic mass is 16.2. The van der Waals surface area contributed by atoms with E-state index in [2.05, 4.69) is 30.4 Å². The number of amides is 1. The van der Waals surface area contributed by atoms with Crippen LogP contribution in [0.1, 0.15) is 44.2 Å². The van der Waals surface area contributed by atoms with Crippen LogP contribution in [0, 0.1) is 11.8 Å². The van der Waals surface area contributed by atoms with Gasteiger partial charge in [0.2, 0.25) is 5.91 Å². The quantitative estimate of drug-likeness (QED) is 0.917. The molecule has 3 heteroatoms. The van der Waals surface area contributed by atoms with E-state index in [0.29, 0.717) is 17.9 Å². The number of rotatable bonds is 3. The highest BCUT2D eigenvalue weighted by molar-refractivity contribution is 5.96. The predicted octanol–water partition coefficient (Wildman–Crippen LogP) is 3.12. The summed E-state index contributed by atoms with van der Waals surface area (Å²) >= 11 is 0. The number of anilines is 1. The third kappa shape index (κ3) is 2.47. The van der Waals surface area contributed by atoms with Crippen LogP contribution in [0.15, 0.2) is 24.3 Å². The molecule has 2 aliphatic rings. The first-order valence-corrected chi connectivity index (χ1v) is 7.80. The lowest BCUT2D eigenvalue weighted by Crippen LogP contribution is -2.36. The Morgan fingerprint density at radius 1 is 1.30 bits per heavy atom. The lowest BCUT2D eigenvalue weighted by molar-refractivity contribution is -0.122. The Hall–Kier alpha value is -1.35. The van der Waals surface area contributed by atoms with E-state index in [1.807, 2.05) is 18.0 Å². The zero-order valence-electron chi connectivity index (χ0n) is 12.4. The molecule has 0 saturated heterocycles. The van der Waals surface area contributed by atoms with Crippen LogP contribution < -0.4 is 10.2 Å². The number of benzene rings is 1. The molecule has 0 aromatic heterocycles. The second-order valence-electron chi connectivity index (χ2n) is 6.16. The van der Waals surface area contributed by atoms with Crippen molar-refractivity contribution in [1.82, 2.24) is 5.32 Å². The summed E-state index contributed by atoms with van der Waals surface area (Å²) in [6.07, 6.45) is 4.60. The lowest BCUT2D eigenvalue weighted by Gasteiger charge is -2.26. The van der Waals surface area contributed by atoms with Crippen LogP contribution in [-0.2, 0) is 4.79 Å². The molecular formula is C17H24N2O. The standard InChI is InChI=1S/C17H24N2O/c1-12(13-9-10-13)17(20)19-11-5-7-15(18-2)14-6-3-4-8-16(14)19/h3-4,6,8,12-13,15,18H,5,7,9-11H2,1-2H3. The van der Waals surface area contributed by atoms with Gasteiger partial charge in [-0.1, -0.05) is 25.1 Å². The van der Waals surface area contributed by atoms with E-state index in [1.165, 1.54) is 18.4 Å². The second-order valence-corrected chi connectivity index (χ2v) is 6.16. The molecule has 1 N–H and O–H groups in total. The smallest absolute Gasteiger partial charge is 0.230 e. The predicted molar refractivity (Wildman–Crippen MR) is 81.7 cm³/mol. The van der Waals surface area contributed by atoms with Gasteiger partial charge in [-0.25, -0.2) is 0 Å². The lowest BCUT2D eigenvalue weighted by atomic mass is 10.0. The van der Waals surface area contributed by atoms with E-state index in [-0.39, 0.29) is 5.92 Å². The van der Waals surface area contributed by atoms with Crippen molar-refractivity contribution in [2.75, 3.05) is 18.5 Å². The fraction of sp³-hybridized carbons (Fsp3) is 0.588. The molecular weight excluding hydrogens is 248 g/mol.